The SMILES string of the molecule is COc1cc(C=C2OCCN3C2=NOC32COc3cc(F)ccc32)ccc1-n1cnc(C)c1. The van der Waals surface area contributed by atoms with E-state index in [4.69, 9.17) is 19.0 Å². The van der Waals surface area contributed by atoms with Crippen LogP contribution in [0.3, 0.4) is 0 Å². The number of oxime groups is 1. The number of rotatable bonds is 3. The predicted molar refractivity (Wildman–Crippen MR) is 118 cm³/mol. The second kappa shape index (κ2) is 7.26. The zero-order valence-electron chi connectivity index (χ0n) is 18.1. The summed E-state index contributed by atoms with van der Waals surface area (Å²) in [6.07, 6.45) is 5.60. The molecule has 3 aliphatic heterocycles. The van der Waals surface area contributed by atoms with Crippen LogP contribution in [0.2, 0.25) is 0 Å². The number of aryl methyl sites for hydroxylation is 1. The average molecular weight is 448 g/mol. The van der Waals surface area contributed by atoms with Gasteiger partial charge in [-0.25, -0.2) is 9.37 Å². The summed E-state index contributed by atoms with van der Waals surface area (Å²) < 4.78 is 32.9. The molecule has 0 bridgehead atoms. The lowest BCUT2D eigenvalue weighted by molar-refractivity contribution is -0.119. The molecule has 4 heterocycles. The fourth-order valence-corrected chi connectivity index (χ4v) is 4.46. The lowest BCUT2D eigenvalue weighted by Gasteiger charge is -2.36. The van der Waals surface area contributed by atoms with E-state index in [1.165, 1.54) is 12.1 Å². The first-order valence-corrected chi connectivity index (χ1v) is 10.6. The molecule has 6 rings (SSSR count). The van der Waals surface area contributed by atoms with Gasteiger partial charge in [0.15, 0.2) is 12.4 Å². The molecule has 9 heteroatoms. The van der Waals surface area contributed by atoms with Gasteiger partial charge in [-0.3, -0.25) is 0 Å². The largest absolute Gasteiger partial charge is 0.495 e. The van der Waals surface area contributed by atoms with Gasteiger partial charge in [-0.2, -0.15) is 0 Å². The molecule has 33 heavy (non-hydrogen) atoms. The van der Waals surface area contributed by atoms with Crippen LogP contribution < -0.4 is 9.47 Å². The van der Waals surface area contributed by atoms with Crippen LogP contribution in [0.15, 0.2) is 59.8 Å². The summed E-state index contributed by atoms with van der Waals surface area (Å²) in [5.41, 5.74) is 2.54. The summed E-state index contributed by atoms with van der Waals surface area (Å²) in [6, 6.07) is 10.4. The zero-order valence-corrected chi connectivity index (χ0v) is 18.1. The van der Waals surface area contributed by atoms with Gasteiger partial charge in [0.2, 0.25) is 5.84 Å². The summed E-state index contributed by atoms with van der Waals surface area (Å²) in [7, 11) is 1.64. The highest BCUT2D eigenvalue weighted by molar-refractivity contribution is 6.01. The van der Waals surface area contributed by atoms with Crippen LogP contribution >= 0.6 is 0 Å². The average Bonchev–Trinajstić information content (AvgIpc) is 3.52. The van der Waals surface area contributed by atoms with E-state index in [2.05, 4.69) is 10.1 Å². The van der Waals surface area contributed by atoms with Crippen LogP contribution in [0.5, 0.6) is 11.5 Å². The molecule has 8 nitrogen and oxygen atoms in total. The Bertz CT molecular complexity index is 1320. The third kappa shape index (κ3) is 3.03. The predicted octanol–water partition coefficient (Wildman–Crippen LogP) is 3.59. The molecule has 0 amide bonds. The van der Waals surface area contributed by atoms with E-state index in [9.17, 15) is 4.39 Å². The van der Waals surface area contributed by atoms with E-state index >= 15 is 0 Å². The second-order valence-electron chi connectivity index (χ2n) is 8.08. The molecule has 1 fully saturated rings. The van der Waals surface area contributed by atoms with Crippen molar-refractivity contribution in [3.63, 3.8) is 0 Å². The normalized spacial score (nSPS) is 21.8. The fourth-order valence-electron chi connectivity index (χ4n) is 4.46. The number of morpholine rings is 1. The summed E-state index contributed by atoms with van der Waals surface area (Å²) in [5.74, 6) is 1.99. The minimum Gasteiger partial charge on any atom is -0.495 e. The molecule has 0 aliphatic carbocycles. The Balaban J connectivity index is 1.33. The third-order valence-electron chi connectivity index (χ3n) is 6.05. The van der Waals surface area contributed by atoms with Crippen LogP contribution in [0.25, 0.3) is 11.8 Å². The van der Waals surface area contributed by atoms with Crippen molar-refractivity contribution in [3.8, 4) is 17.2 Å². The van der Waals surface area contributed by atoms with E-state index in [1.54, 1.807) is 19.5 Å². The van der Waals surface area contributed by atoms with Crippen LogP contribution in [-0.2, 0) is 15.3 Å². The highest BCUT2D eigenvalue weighted by Gasteiger charge is 2.55. The molecule has 0 N–H and O–H groups in total. The number of imidazole rings is 1. The van der Waals surface area contributed by atoms with Crippen molar-refractivity contribution in [1.82, 2.24) is 14.5 Å². The fraction of sp³-hybridized carbons (Fsp3) is 0.250. The van der Waals surface area contributed by atoms with Gasteiger partial charge in [0.25, 0.3) is 5.72 Å². The monoisotopic (exact) mass is 448 g/mol. The molecule has 1 unspecified atom stereocenters. The number of methoxy groups -OCH3 is 1. The van der Waals surface area contributed by atoms with E-state index in [1.807, 2.05) is 46.9 Å². The summed E-state index contributed by atoms with van der Waals surface area (Å²) in [4.78, 5) is 12.2. The number of hydrogen-bond acceptors (Lipinski definition) is 7. The maximum atomic E-state index is 13.7. The summed E-state index contributed by atoms with van der Waals surface area (Å²) in [5, 5.41) is 4.33. The number of hydrogen-bond donors (Lipinski definition) is 0. The molecular formula is C24H21FN4O4. The van der Waals surface area contributed by atoms with Gasteiger partial charge in [-0.1, -0.05) is 11.2 Å². The zero-order chi connectivity index (χ0) is 22.6. The molecule has 168 valence electrons. The van der Waals surface area contributed by atoms with Gasteiger partial charge in [0.1, 0.15) is 23.9 Å². The molecular weight excluding hydrogens is 427 g/mol. The minimum absolute atomic E-state index is 0.221. The first-order chi connectivity index (χ1) is 16.1. The Morgan fingerprint density at radius 1 is 1.18 bits per heavy atom. The van der Waals surface area contributed by atoms with Gasteiger partial charge in [-0.05, 0) is 42.8 Å². The third-order valence-corrected chi connectivity index (χ3v) is 6.05. The van der Waals surface area contributed by atoms with E-state index in [-0.39, 0.29) is 12.4 Å². The first kappa shape index (κ1) is 19.7. The van der Waals surface area contributed by atoms with Crippen LogP contribution in [0.4, 0.5) is 4.39 Å². The highest BCUT2D eigenvalue weighted by Crippen LogP contribution is 2.47. The summed E-state index contributed by atoms with van der Waals surface area (Å²) >= 11 is 0. The number of amidine groups is 1. The Kier molecular flexibility index (Phi) is 4.33. The van der Waals surface area contributed by atoms with Crippen LogP contribution in [0.1, 0.15) is 16.8 Å². The molecule has 3 aromatic rings. The minimum atomic E-state index is -0.915. The topological polar surface area (TPSA) is 70.3 Å². The van der Waals surface area contributed by atoms with Crippen molar-refractivity contribution in [1.29, 1.82) is 0 Å². The van der Waals surface area contributed by atoms with Crippen molar-refractivity contribution in [2.45, 2.75) is 12.6 Å². The second-order valence-corrected chi connectivity index (χ2v) is 8.08. The van der Waals surface area contributed by atoms with Gasteiger partial charge in [0, 0.05) is 12.3 Å². The Morgan fingerprint density at radius 2 is 2.09 bits per heavy atom. The van der Waals surface area contributed by atoms with E-state index < -0.39 is 5.72 Å². The van der Waals surface area contributed by atoms with Crippen molar-refractivity contribution in [2.24, 2.45) is 5.16 Å². The quantitative estimate of drug-likeness (QED) is 0.610. The van der Waals surface area contributed by atoms with Crippen molar-refractivity contribution < 1.29 is 23.4 Å². The molecule has 1 saturated heterocycles. The highest BCUT2D eigenvalue weighted by atomic mass is 19.1. The number of nitrogens with zero attached hydrogens (tertiary/aromatic N) is 4. The van der Waals surface area contributed by atoms with E-state index in [0.29, 0.717) is 36.2 Å². The van der Waals surface area contributed by atoms with Crippen LogP contribution in [0, 0.1) is 12.7 Å². The van der Waals surface area contributed by atoms with Crippen molar-refractivity contribution in [2.75, 3.05) is 26.9 Å². The van der Waals surface area contributed by atoms with Crippen molar-refractivity contribution in [3.05, 3.63) is 77.3 Å². The smallest absolute Gasteiger partial charge is 0.275 e. The van der Waals surface area contributed by atoms with Crippen LogP contribution in [-0.4, -0.2) is 47.2 Å². The Hall–Kier alpha value is -4.01. The molecule has 0 saturated carbocycles. The number of aromatic nitrogens is 2. The molecule has 1 atom stereocenters. The maximum Gasteiger partial charge on any atom is 0.275 e. The molecule has 1 aromatic heterocycles. The molecule has 1 spiro atoms. The lowest BCUT2D eigenvalue weighted by Crippen LogP contribution is -2.51. The molecule has 2 aromatic carbocycles. The van der Waals surface area contributed by atoms with E-state index in [0.717, 1.165) is 22.5 Å². The number of ether oxygens (including phenoxy) is 3. The number of fused-ring (bicyclic) bond motifs is 4. The standard InChI is InChI=1S/C24H21FN4O4/c1-15-12-28(14-26-15)19-6-3-16(9-21(19)30-2)10-22-23-27-33-24(29(23)7-8-31-22)13-32-20-11-17(25)4-5-18(20)24/h3-6,9-12,14H,7-8,13H2,1-2H3. The van der Waals surface area contributed by atoms with Gasteiger partial charge >= 0.3 is 0 Å². The van der Waals surface area contributed by atoms with Gasteiger partial charge < -0.3 is 28.5 Å². The Morgan fingerprint density at radius 3 is 2.91 bits per heavy atom. The summed E-state index contributed by atoms with van der Waals surface area (Å²) in [6.45, 7) is 3.18. The first-order valence-electron chi connectivity index (χ1n) is 10.6. The molecule has 3 aliphatic rings. The maximum absolute atomic E-state index is 13.7. The number of benzene rings is 2. The van der Waals surface area contributed by atoms with Gasteiger partial charge in [-0.15, -0.1) is 0 Å². The lowest BCUT2D eigenvalue weighted by atomic mass is 10.0. The van der Waals surface area contributed by atoms with Crippen molar-refractivity contribution >= 4 is 11.9 Å². The number of halogens is 1. The molecule has 0 radical (unpaired) electrons. The van der Waals surface area contributed by atoms with Gasteiger partial charge in [0.05, 0.1) is 36.9 Å². The Labute approximate surface area is 189 Å².